The van der Waals surface area contributed by atoms with Crippen molar-refractivity contribution in [1.82, 2.24) is 15.1 Å². The SMILES string of the molecule is Cc1cc(-c2noc(-c3ccc(O)cc3F)n2)cc(C)n1. The van der Waals surface area contributed by atoms with Crippen molar-refractivity contribution in [3.8, 4) is 28.6 Å². The molecule has 1 aromatic carbocycles. The summed E-state index contributed by atoms with van der Waals surface area (Å²) in [7, 11) is 0. The van der Waals surface area contributed by atoms with E-state index in [1.54, 1.807) is 0 Å². The van der Waals surface area contributed by atoms with Gasteiger partial charge >= 0.3 is 0 Å². The Morgan fingerprint density at radius 2 is 1.76 bits per heavy atom. The van der Waals surface area contributed by atoms with Crippen molar-refractivity contribution in [3.05, 3.63) is 47.5 Å². The lowest BCUT2D eigenvalue weighted by molar-refractivity contribution is 0.428. The van der Waals surface area contributed by atoms with Crippen LogP contribution in [-0.4, -0.2) is 20.2 Å². The molecule has 5 nitrogen and oxygen atoms in total. The first kappa shape index (κ1) is 13.2. The lowest BCUT2D eigenvalue weighted by Gasteiger charge is -1.99. The predicted molar refractivity (Wildman–Crippen MR) is 74.1 cm³/mol. The molecule has 0 aliphatic rings. The van der Waals surface area contributed by atoms with Crippen LogP contribution in [0, 0.1) is 19.7 Å². The highest BCUT2D eigenvalue weighted by atomic mass is 19.1. The third-order valence-electron chi connectivity index (χ3n) is 2.95. The van der Waals surface area contributed by atoms with Crippen molar-refractivity contribution in [2.24, 2.45) is 0 Å². The summed E-state index contributed by atoms with van der Waals surface area (Å²) in [5, 5.41) is 13.1. The van der Waals surface area contributed by atoms with Gasteiger partial charge in [0, 0.05) is 23.0 Å². The molecule has 2 aromatic heterocycles. The molecule has 0 saturated heterocycles. The van der Waals surface area contributed by atoms with E-state index in [2.05, 4.69) is 15.1 Å². The van der Waals surface area contributed by atoms with Crippen LogP contribution in [0.25, 0.3) is 22.8 Å². The molecular formula is C15H12FN3O2. The zero-order valence-electron chi connectivity index (χ0n) is 11.5. The van der Waals surface area contributed by atoms with Crippen molar-refractivity contribution in [2.75, 3.05) is 0 Å². The fraction of sp³-hybridized carbons (Fsp3) is 0.133. The van der Waals surface area contributed by atoms with E-state index >= 15 is 0 Å². The number of phenolic OH excluding ortho intramolecular Hbond substituents is 1. The van der Waals surface area contributed by atoms with Crippen LogP contribution >= 0.6 is 0 Å². The first-order valence-corrected chi connectivity index (χ1v) is 6.31. The zero-order chi connectivity index (χ0) is 15.0. The Morgan fingerprint density at radius 3 is 2.43 bits per heavy atom. The minimum atomic E-state index is -0.618. The molecule has 0 spiro atoms. The molecule has 21 heavy (non-hydrogen) atoms. The third kappa shape index (κ3) is 2.60. The monoisotopic (exact) mass is 285 g/mol. The van der Waals surface area contributed by atoms with Gasteiger partial charge in [0.05, 0.1) is 5.56 Å². The Labute approximate surface area is 120 Å². The first-order valence-electron chi connectivity index (χ1n) is 6.31. The highest BCUT2D eigenvalue weighted by molar-refractivity contribution is 5.61. The fourth-order valence-electron chi connectivity index (χ4n) is 2.09. The second kappa shape index (κ2) is 4.97. The van der Waals surface area contributed by atoms with Crippen LogP contribution in [0.3, 0.4) is 0 Å². The first-order chi connectivity index (χ1) is 10.0. The highest BCUT2D eigenvalue weighted by Crippen LogP contribution is 2.26. The Kier molecular flexibility index (Phi) is 3.13. The van der Waals surface area contributed by atoms with Gasteiger partial charge in [0.1, 0.15) is 11.6 Å². The molecule has 6 heteroatoms. The summed E-state index contributed by atoms with van der Waals surface area (Å²) in [5.74, 6) is -0.343. The van der Waals surface area contributed by atoms with Crippen LogP contribution in [-0.2, 0) is 0 Å². The molecule has 0 bridgehead atoms. The van der Waals surface area contributed by atoms with Crippen molar-refractivity contribution >= 4 is 0 Å². The molecule has 0 aliphatic carbocycles. The van der Waals surface area contributed by atoms with E-state index in [0.717, 1.165) is 23.0 Å². The topological polar surface area (TPSA) is 72.0 Å². The van der Waals surface area contributed by atoms with Crippen molar-refractivity contribution in [2.45, 2.75) is 13.8 Å². The number of aromatic hydroxyl groups is 1. The average molecular weight is 285 g/mol. The van der Waals surface area contributed by atoms with Gasteiger partial charge in [-0.1, -0.05) is 5.16 Å². The summed E-state index contributed by atoms with van der Waals surface area (Å²) in [6, 6.07) is 7.41. The minimum Gasteiger partial charge on any atom is -0.508 e. The van der Waals surface area contributed by atoms with E-state index in [9.17, 15) is 9.50 Å². The molecule has 0 unspecified atom stereocenters. The number of halogens is 1. The van der Waals surface area contributed by atoms with Crippen molar-refractivity contribution < 1.29 is 14.0 Å². The molecule has 0 aliphatic heterocycles. The second-order valence-corrected chi connectivity index (χ2v) is 4.73. The van der Waals surface area contributed by atoms with Crippen molar-refractivity contribution in [3.63, 3.8) is 0 Å². The number of aromatic nitrogens is 3. The standard InChI is InChI=1S/C15H12FN3O2/c1-8-5-10(6-9(2)17-8)14-18-15(21-19-14)12-4-3-11(20)7-13(12)16/h3-7,20H,1-2H3. The van der Waals surface area contributed by atoms with Gasteiger partial charge in [0.25, 0.3) is 5.89 Å². The summed E-state index contributed by atoms with van der Waals surface area (Å²) in [6.45, 7) is 3.74. The number of phenols is 1. The summed E-state index contributed by atoms with van der Waals surface area (Å²) in [4.78, 5) is 8.47. The minimum absolute atomic E-state index is 0.0645. The van der Waals surface area contributed by atoms with Gasteiger partial charge in [-0.2, -0.15) is 4.98 Å². The Bertz CT molecular complexity index is 794. The van der Waals surface area contributed by atoms with Gasteiger partial charge in [0.15, 0.2) is 0 Å². The quantitative estimate of drug-likeness (QED) is 0.782. The molecule has 0 fully saturated rings. The maximum Gasteiger partial charge on any atom is 0.261 e. The van der Waals surface area contributed by atoms with Crippen LogP contribution in [0.1, 0.15) is 11.4 Å². The zero-order valence-corrected chi connectivity index (χ0v) is 11.5. The van der Waals surface area contributed by atoms with Gasteiger partial charge in [0.2, 0.25) is 5.82 Å². The van der Waals surface area contributed by atoms with Gasteiger partial charge in [-0.15, -0.1) is 0 Å². The number of hydrogen-bond donors (Lipinski definition) is 1. The number of rotatable bonds is 2. The van der Waals surface area contributed by atoms with Gasteiger partial charge < -0.3 is 9.63 Å². The van der Waals surface area contributed by atoms with Crippen LogP contribution in [0.5, 0.6) is 5.75 Å². The lowest BCUT2D eigenvalue weighted by atomic mass is 10.2. The van der Waals surface area contributed by atoms with E-state index in [-0.39, 0.29) is 17.2 Å². The lowest BCUT2D eigenvalue weighted by Crippen LogP contribution is -1.89. The van der Waals surface area contributed by atoms with Crippen molar-refractivity contribution in [1.29, 1.82) is 0 Å². The highest BCUT2D eigenvalue weighted by Gasteiger charge is 2.15. The van der Waals surface area contributed by atoms with Crippen LogP contribution in [0.2, 0.25) is 0 Å². The largest absolute Gasteiger partial charge is 0.508 e. The molecule has 0 atom stereocenters. The summed E-state index contributed by atoms with van der Waals surface area (Å²) in [5.41, 5.74) is 2.59. The average Bonchev–Trinajstić information content (AvgIpc) is 2.87. The Balaban J connectivity index is 2.03. The summed E-state index contributed by atoms with van der Waals surface area (Å²) in [6.07, 6.45) is 0. The predicted octanol–water partition coefficient (Wildman–Crippen LogP) is 3.26. The number of hydrogen-bond acceptors (Lipinski definition) is 5. The molecular weight excluding hydrogens is 273 g/mol. The molecule has 2 heterocycles. The summed E-state index contributed by atoms with van der Waals surface area (Å²) >= 11 is 0. The second-order valence-electron chi connectivity index (χ2n) is 4.73. The molecule has 1 N–H and O–H groups in total. The molecule has 3 rings (SSSR count). The molecule has 0 saturated carbocycles. The van der Waals surface area contributed by atoms with Crippen LogP contribution in [0.4, 0.5) is 4.39 Å². The van der Waals surface area contributed by atoms with Crippen LogP contribution in [0.15, 0.2) is 34.9 Å². The molecule has 0 amide bonds. The molecule has 3 aromatic rings. The fourth-order valence-corrected chi connectivity index (χ4v) is 2.09. The number of benzene rings is 1. The van der Waals surface area contributed by atoms with E-state index in [1.807, 2.05) is 26.0 Å². The maximum absolute atomic E-state index is 13.8. The maximum atomic E-state index is 13.8. The molecule has 0 radical (unpaired) electrons. The van der Waals surface area contributed by atoms with Gasteiger partial charge in [-0.05, 0) is 38.1 Å². The third-order valence-corrected chi connectivity index (χ3v) is 2.95. The van der Waals surface area contributed by atoms with E-state index in [1.165, 1.54) is 12.1 Å². The Morgan fingerprint density at radius 1 is 1.05 bits per heavy atom. The number of nitrogens with zero attached hydrogens (tertiary/aromatic N) is 3. The van der Waals surface area contributed by atoms with Gasteiger partial charge in [-0.25, -0.2) is 4.39 Å². The van der Waals surface area contributed by atoms with Gasteiger partial charge in [-0.3, -0.25) is 4.98 Å². The number of pyridine rings is 1. The molecule has 106 valence electrons. The van der Waals surface area contributed by atoms with E-state index in [0.29, 0.717) is 5.82 Å². The normalized spacial score (nSPS) is 10.8. The smallest absolute Gasteiger partial charge is 0.261 e. The summed E-state index contributed by atoms with van der Waals surface area (Å²) < 4.78 is 18.9. The van der Waals surface area contributed by atoms with Crippen LogP contribution < -0.4 is 0 Å². The van der Waals surface area contributed by atoms with E-state index < -0.39 is 5.82 Å². The van der Waals surface area contributed by atoms with E-state index in [4.69, 9.17) is 4.52 Å². The Hall–Kier alpha value is -2.76. The number of aryl methyl sites for hydroxylation is 2.